The van der Waals surface area contributed by atoms with Crippen molar-refractivity contribution < 1.29 is 0 Å². The highest BCUT2D eigenvalue weighted by molar-refractivity contribution is 6.91. The van der Waals surface area contributed by atoms with E-state index in [2.05, 4.69) is 43.9 Å². The van der Waals surface area contributed by atoms with E-state index in [0.29, 0.717) is 0 Å². The average molecular weight is 149 g/mol. The van der Waals surface area contributed by atoms with E-state index in [-0.39, 0.29) is 0 Å². The van der Waals surface area contributed by atoms with E-state index in [1.807, 2.05) is 6.07 Å². The van der Waals surface area contributed by atoms with Crippen LogP contribution in [0.5, 0.6) is 0 Å². The van der Waals surface area contributed by atoms with Gasteiger partial charge in [-0.05, 0) is 0 Å². The molecule has 1 radical (unpaired) electrons. The molecule has 0 unspecified atom stereocenters. The first kappa shape index (κ1) is 7.54. The molecule has 0 amide bonds. The van der Waals surface area contributed by atoms with Crippen LogP contribution in [0.25, 0.3) is 0 Å². The van der Waals surface area contributed by atoms with Crippen LogP contribution in [0.4, 0.5) is 0 Å². The quantitative estimate of drug-likeness (QED) is 0.536. The molecule has 1 aromatic carbocycles. The maximum Gasteiger partial charge on any atom is 0.0803 e. The van der Waals surface area contributed by atoms with E-state index in [4.69, 9.17) is 0 Å². The van der Waals surface area contributed by atoms with E-state index in [1.165, 1.54) is 5.19 Å². The van der Waals surface area contributed by atoms with E-state index in [9.17, 15) is 0 Å². The summed E-state index contributed by atoms with van der Waals surface area (Å²) in [5.41, 5.74) is 0. The third kappa shape index (κ3) is 1.71. The van der Waals surface area contributed by atoms with Crippen molar-refractivity contribution in [3.05, 3.63) is 36.9 Å². The summed E-state index contributed by atoms with van der Waals surface area (Å²) in [5.74, 6) is 0. The summed E-state index contributed by atoms with van der Waals surface area (Å²) in [6.45, 7) is 8.68. The summed E-state index contributed by atoms with van der Waals surface area (Å²) in [7, 11) is -1.28. The minimum absolute atomic E-state index is 1.28. The fourth-order valence-electron chi connectivity index (χ4n) is 0.889. The molecule has 0 aliphatic carbocycles. The summed E-state index contributed by atoms with van der Waals surface area (Å²) < 4.78 is 0. The lowest BCUT2D eigenvalue weighted by atomic mass is 10.4. The van der Waals surface area contributed by atoms with Crippen LogP contribution in [-0.4, -0.2) is 8.07 Å². The lowest BCUT2D eigenvalue weighted by Crippen LogP contribution is -2.37. The van der Waals surface area contributed by atoms with Crippen LogP contribution >= 0.6 is 0 Å². The van der Waals surface area contributed by atoms with Crippen molar-refractivity contribution in [2.24, 2.45) is 0 Å². The van der Waals surface area contributed by atoms with Crippen molar-refractivity contribution in [2.75, 3.05) is 0 Å². The van der Waals surface area contributed by atoms with Crippen LogP contribution in [0.15, 0.2) is 30.3 Å². The molecule has 0 spiro atoms. The molecule has 1 rings (SSSR count). The molecule has 0 aromatic heterocycles. The lowest BCUT2D eigenvalue weighted by Gasteiger charge is -2.15. The summed E-state index contributed by atoms with van der Waals surface area (Å²) in [5, 5.41) is 1.43. The molecule has 0 saturated carbocycles. The molecular weight excluding hydrogens is 136 g/mol. The number of rotatable bonds is 1. The minimum Gasteiger partial charge on any atom is -0.0654 e. The summed E-state index contributed by atoms with van der Waals surface area (Å²) in [6, 6.07) is 10.5. The second-order valence-electron chi connectivity index (χ2n) is 3.25. The number of benzene rings is 1. The molecule has 0 fully saturated rings. The van der Waals surface area contributed by atoms with Crippen molar-refractivity contribution in [3.63, 3.8) is 0 Å². The van der Waals surface area contributed by atoms with Gasteiger partial charge in [-0.15, -0.1) is 0 Å². The molecule has 0 atom stereocenters. The smallest absolute Gasteiger partial charge is 0.0654 e. The molecule has 0 aliphatic heterocycles. The second-order valence-corrected chi connectivity index (χ2v) is 7.60. The Hall–Kier alpha value is -0.563. The zero-order valence-electron chi connectivity index (χ0n) is 6.59. The van der Waals surface area contributed by atoms with E-state index in [0.717, 1.165) is 0 Å². The Morgan fingerprint density at radius 1 is 1.10 bits per heavy atom. The molecule has 10 heavy (non-hydrogen) atoms. The molecule has 0 aliphatic rings. The standard InChI is InChI=1S/C9H13Si/c1-10(2,3)9-7-5-4-6-8-9/h4-8H,1H2,2-3H3. The molecule has 0 N–H and O–H groups in total. The maximum absolute atomic E-state index is 4.18. The first-order chi connectivity index (χ1) is 4.61. The van der Waals surface area contributed by atoms with Gasteiger partial charge < -0.3 is 0 Å². The van der Waals surface area contributed by atoms with Gasteiger partial charge in [-0.2, -0.15) is 0 Å². The maximum atomic E-state index is 4.18. The van der Waals surface area contributed by atoms with Gasteiger partial charge >= 0.3 is 0 Å². The Labute approximate surface area is 63.9 Å². The van der Waals surface area contributed by atoms with Crippen LogP contribution in [0.1, 0.15) is 0 Å². The van der Waals surface area contributed by atoms with Gasteiger partial charge in [0.2, 0.25) is 0 Å². The molecule has 1 aromatic rings. The van der Waals surface area contributed by atoms with E-state index >= 15 is 0 Å². The molecule has 0 nitrogen and oxygen atoms in total. The normalized spacial score (nSPS) is 11.5. The number of hydrogen-bond donors (Lipinski definition) is 0. The Balaban J connectivity index is 2.97. The lowest BCUT2D eigenvalue weighted by molar-refractivity contribution is 1.71. The minimum atomic E-state index is -1.28. The highest BCUT2D eigenvalue weighted by atomic mass is 28.3. The van der Waals surface area contributed by atoms with Gasteiger partial charge in [0.15, 0.2) is 0 Å². The third-order valence-corrected chi connectivity index (χ3v) is 3.45. The fourth-order valence-corrected chi connectivity index (χ4v) is 1.98. The molecule has 1 heteroatoms. The summed E-state index contributed by atoms with van der Waals surface area (Å²) in [6.07, 6.45) is 0. The first-order valence-corrected chi connectivity index (χ1v) is 6.72. The van der Waals surface area contributed by atoms with Crippen LogP contribution in [0.2, 0.25) is 13.1 Å². The zero-order chi connectivity index (χ0) is 7.61. The molecule has 0 bridgehead atoms. The highest BCUT2D eigenvalue weighted by Gasteiger charge is 2.14. The Kier molecular flexibility index (Phi) is 1.95. The van der Waals surface area contributed by atoms with Gasteiger partial charge in [0.05, 0.1) is 8.07 Å². The SMILES string of the molecule is [CH2][Si](C)(C)c1ccccc1. The Morgan fingerprint density at radius 2 is 1.60 bits per heavy atom. The predicted octanol–water partition coefficient (Wildman–Crippen LogP) is 1.98. The summed E-state index contributed by atoms with van der Waals surface area (Å²) in [4.78, 5) is 0. The van der Waals surface area contributed by atoms with Gasteiger partial charge in [-0.25, -0.2) is 0 Å². The monoisotopic (exact) mass is 149 g/mol. The van der Waals surface area contributed by atoms with Crippen LogP contribution in [0.3, 0.4) is 0 Å². The van der Waals surface area contributed by atoms with Gasteiger partial charge in [0.1, 0.15) is 0 Å². The largest absolute Gasteiger partial charge is 0.0803 e. The predicted molar refractivity (Wildman–Crippen MR) is 48.9 cm³/mol. The van der Waals surface area contributed by atoms with E-state index in [1.54, 1.807) is 0 Å². The Bertz CT molecular complexity index is 196. The molecule has 0 heterocycles. The van der Waals surface area contributed by atoms with Crippen molar-refractivity contribution in [2.45, 2.75) is 13.1 Å². The molecule has 53 valence electrons. The van der Waals surface area contributed by atoms with Crippen LogP contribution in [0, 0.1) is 6.55 Å². The van der Waals surface area contributed by atoms with Crippen LogP contribution < -0.4 is 5.19 Å². The molecular formula is C9H13Si. The second kappa shape index (κ2) is 2.58. The van der Waals surface area contributed by atoms with Gasteiger partial charge in [0, 0.05) is 0 Å². The van der Waals surface area contributed by atoms with Crippen molar-refractivity contribution in [3.8, 4) is 0 Å². The summed E-state index contributed by atoms with van der Waals surface area (Å²) >= 11 is 0. The first-order valence-electron chi connectivity index (χ1n) is 3.51. The van der Waals surface area contributed by atoms with Crippen molar-refractivity contribution in [1.29, 1.82) is 0 Å². The van der Waals surface area contributed by atoms with Crippen molar-refractivity contribution >= 4 is 13.3 Å². The van der Waals surface area contributed by atoms with E-state index < -0.39 is 8.07 Å². The topological polar surface area (TPSA) is 0 Å². The average Bonchev–Trinajstić information content (AvgIpc) is 1.88. The molecule has 0 saturated heterocycles. The third-order valence-electron chi connectivity index (χ3n) is 1.56. The number of hydrogen-bond acceptors (Lipinski definition) is 0. The van der Waals surface area contributed by atoms with Crippen molar-refractivity contribution in [1.82, 2.24) is 0 Å². The zero-order valence-corrected chi connectivity index (χ0v) is 7.59. The highest BCUT2D eigenvalue weighted by Crippen LogP contribution is 1.99. The Morgan fingerprint density at radius 3 is 1.90 bits per heavy atom. The van der Waals surface area contributed by atoms with Gasteiger partial charge in [-0.1, -0.05) is 55.2 Å². The van der Waals surface area contributed by atoms with Gasteiger partial charge in [0.25, 0.3) is 0 Å². The fraction of sp³-hybridized carbons (Fsp3) is 0.222. The van der Waals surface area contributed by atoms with Gasteiger partial charge in [-0.3, -0.25) is 0 Å². The van der Waals surface area contributed by atoms with Crippen LogP contribution in [-0.2, 0) is 0 Å².